The SMILES string of the molecule is CC(Nc1nccc(Cl)c1C=[NH2+])C1=C(c2cccc(F)c2)C(=O)c2ccccc2C1. The monoisotopic (exact) mass is 420 g/mol. The minimum Gasteiger partial charge on any atom is -0.363 e. The Balaban J connectivity index is 1.83. The Morgan fingerprint density at radius 1 is 1.20 bits per heavy atom. The molecule has 0 radical (unpaired) electrons. The molecule has 0 bridgehead atoms. The number of rotatable bonds is 5. The molecule has 0 spiro atoms. The molecule has 3 aromatic rings. The molecule has 150 valence electrons. The molecule has 1 aromatic heterocycles. The van der Waals surface area contributed by atoms with Gasteiger partial charge in [0.05, 0.1) is 10.6 Å². The lowest BCUT2D eigenvalue weighted by molar-refractivity contribution is -0.104. The van der Waals surface area contributed by atoms with Gasteiger partial charge >= 0.3 is 0 Å². The highest BCUT2D eigenvalue weighted by molar-refractivity contribution is 6.33. The summed E-state index contributed by atoms with van der Waals surface area (Å²) in [6.45, 7) is 1.94. The van der Waals surface area contributed by atoms with Crippen LogP contribution in [0.4, 0.5) is 10.2 Å². The number of halogens is 2. The highest BCUT2D eigenvalue weighted by Crippen LogP contribution is 2.35. The number of nitrogens with two attached hydrogens (primary N) is 1. The van der Waals surface area contributed by atoms with Crippen LogP contribution in [0.1, 0.15) is 34.0 Å². The number of nitrogens with one attached hydrogen (secondary N) is 1. The lowest BCUT2D eigenvalue weighted by atomic mass is 9.79. The van der Waals surface area contributed by atoms with Crippen molar-refractivity contribution in [2.45, 2.75) is 19.4 Å². The number of allylic oxidation sites excluding steroid dienone is 1. The van der Waals surface area contributed by atoms with Crippen LogP contribution in [-0.2, 0) is 6.42 Å². The van der Waals surface area contributed by atoms with Gasteiger partial charge in [0.1, 0.15) is 11.6 Å². The largest absolute Gasteiger partial charge is 0.363 e. The number of aromatic nitrogens is 1. The van der Waals surface area contributed by atoms with E-state index in [-0.39, 0.29) is 17.6 Å². The molecule has 3 N–H and O–H groups in total. The lowest BCUT2D eigenvalue weighted by Gasteiger charge is -2.27. The second-order valence-corrected chi connectivity index (χ2v) is 7.57. The zero-order valence-electron chi connectivity index (χ0n) is 16.3. The van der Waals surface area contributed by atoms with Crippen molar-refractivity contribution in [2.75, 3.05) is 5.32 Å². The molecule has 6 heteroatoms. The van der Waals surface area contributed by atoms with Crippen LogP contribution in [0, 0.1) is 5.82 Å². The first-order valence-corrected chi connectivity index (χ1v) is 9.95. The quantitative estimate of drug-likeness (QED) is 0.618. The molecular weight excluding hydrogens is 401 g/mol. The van der Waals surface area contributed by atoms with E-state index in [0.29, 0.717) is 39.5 Å². The number of carbonyl (C=O) groups excluding carboxylic acids is 1. The average Bonchev–Trinajstić information content (AvgIpc) is 2.74. The molecule has 4 nitrogen and oxygen atoms in total. The van der Waals surface area contributed by atoms with E-state index in [9.17, 15) is 9.18 Å². The minimum absolute atomic E-state index is 0.115. The Morgan fingerprint density at radius 2 is 2.00 bits per heavy atom. The van der Waals surface area contributed by atoms with Crippen molar-refractivity contribution < 1.29 is 14.6 Å². The zero-order chi connectivity index (χ0) is 21.3. The third kappa shape index (κ3) is 3.64. The third-order valence-corrected chi connectivity index (χ3v) is 5.61. The van der Waals surface area contributed by atoms with Gasteiger partial charge < -0.3 is 5.32 Å². The number of carbonyl (C=O) groups is 1. The van der Waals surface area contributed by atoms with E-state index >= 15 is 0 Å². The predicted octanol–water partition coefficient (Wildman–Crippen LogP) is 3.75. The Kier molecular flexibility index (Phi) is 5.46. The Bertz CT molecular complexity index is 1190. The second-order valence-electron chi connectivity index (χ2n) is 7.16. The van der Waals surface area contributed by atoms with E-state index in [1.165, 1.54) is 18.3 Å². The molecule has 1 unspecified atom stereocenters. The molecule has 30 heavy (non-hydrogen) atoms. The fourth-order valence-corrected chi connectivity index (χ4v) is 4.02. The van der Waals surface area contributed by atoms with Crippen LogP contribution in [0.2, 0.25) is 5.02 Å². The maximum absolute atomic E-state index is 14.0. The fourth-order valence-electron chi connectivity index (χ4n) is 3.82. The molecule has 1 aliphatic carbocycles. The summed E-state index contributed by atoms with van der Waals surface area (Å²) in [6, 6.07) is 15.0. The van der Waals surface area contributed by atoms with Gasteiger partial charge in [-0.25, -0.2) is 9.37 Å². The second kappa shape index (κ2) is 8.20. The van der Waals surface area contributed by atoms with Gasteiger partial charge in [0.2, 0.25) is 0 Å². The van der Waals surface area contributed by atoms with Gasteiger partial charge in [0.25, 0.3) is 0 Å². The zero-order valence-corrected chi connectivity index (χ0v) is 17.1. The van der Waals surface area contributed by atoms with Crippen molar-refractivity contribution in [3.63, 3.8) is 0 Å². The van der Waals surface area contributed by atoms with Gasteiger partial charge in [-0.15, -0.1) is 0 Å². The molecule has 0 amide bonds. The molecule has 0 aliphatic heterocycles. The fraction of sp³-hybridized carbons (Fsp3) is 0.125. The van der Waals surface area contributed by atoms with Gasteiger partial charge in [0.15, 0.2) is 12.0 Å². The van der Waals surface area contributed by atoms with Crippen molar-refractivity contribution in [3.05, 3.63) is 99.5 Å². The van der Waals surface area contributed by atoms with E-state index in [1.54, 1.807) is 24.4 Å². The van der Waals surface area contributed by atoms with E-state index in [4.69, 9.17) is 17.0 Å². The number of Topliss-reactive ketones (excluding diaryl/α,β-unsaturated/α-hetero) is 1. The summed E-state index contributed by atoms with van der Waals surface area (Å²) in [4.78, 5) is 17.7. The van der Waals surface area contributed by atoms with E-state index in [2.05, 4.69) is 10.3 Å². The first-order chi connectivity index (χ1) is 14.5. The van der Waals surface area contributed by atoms with Crippen LogP contribution in [0.25, 0.3) is 5.57 Å². The van der Waals surface area contributed by atoms with Crippen molar-refractivity contribution >= 4 is 35.0 Å². The number of fused-ring (bicyclic) bond motifs is 1. The van der Waals surface area contributed by atoms with Crippen molar-refractivity contribution in [1.29, 1.82) is 0 Å². The standard InChI is InChI=1S/C24H19ClFN3O/c1-14(29-24-20(13-27)21(25)9-10-28-24)19-12-15-5-2-3-8-18(15)23(30)22(19)16-6-4-7-17(26)11-16/h2-11,13-14,27H,12H2,1H3,(H,28,29)/p+1. The lowest BCUT2D eigenvalue weighted by Crippen LogP contribution is -2.32. The summed E-state index contributed by atoms with van der Waals surface area (Å²) in [7, 11) is 0. The first kappa shape index (κ1) is 20.0. The molecule has 4 rings (SSSR count). The Hall–Kier alpha value is -3.31. The highest BCUT2D eigenvalue weighted by atomic mass is 35.5. The molecule has 0 fully saturated rings. The average molecular weight is 421 g/mol. The van der Waals surface area contributed by atoms with Crippen LogP contribution >= 0.6 is 11.6 Å². The maximum atomic E-state index is 14.0. The summed E-state index contributed by atoms with van der Waals surface area (Å²) in [5.41, 5.74) is 4.09. The van der Waals surface area contributed by atoms with Crippen LogP contribution in [0.3, 0.4) is 0 Å². The van der Waals surface area contributed by atoms with Gasteiger partial charge in [-0.3, -0.25) is 10.2 Å². The van der Waals surface area contributed by atoms with Crippen molar-refractivity contribution in [1.82, 2.24) is 4.98 Å². The van der Waals surface area contributed by atoms with Gasteiger partial charge in [-0.2, -0.15) is 0 Å². The molecule has 1 atom stereocenters. The van der Waals surface area contributed by atoms with E-state index in [1.807, 2.05) is 31.2 Å². The highest BCUT2D eigenvalue weighted by Gasteiger charge is 2.30. The molecule has 1 aliphatic rings. The van der Waals surface area contributed by atoms with Gasteiger partial charge in [0, 0.05) is 23.4 Å². The number of anilines is 1. The number of hydrogen-bond acceptors (Lipinski definition) is 3. The summed E-state index contributed by atoms with van der Waals surface area (Å²) in [5, 5.41) is 9.53. The summed E-state index contributed by atoms with van der Waals surface area (Å²) < 4.78 is 14.0. The van der Waals surface area contributed by atoms with Gasteiger partial charge in [-0.1, -0.05) is 48.0 Å². The smallest absolute Gasteiger partial charge is 0.193 e. The number of ketones is 1. The predicted molar refractivity (Wildman–Crippen MR) is 117 cm³/mol. The number of pyridine rings is 1. The summed E-state index contributed by atoms with van der Waals surface area (Å²) in [6.07, 6.45) is 3.55. The topological polar surface area (TPSA) is 67.6 Å². The molecule has 0 saturated carbocycles. The van der Waals surface area contributed by atoms with Crippen LogP contribution in [0.15, 0.2) is 66.4 Å². The number of benzene rings is 2. The maximum Gasteiger partial charge on any atom is 0.193 e. The normalized spacial score (nSPS) is 14.3. The Labute approximate surface area is 178 Å². The minimum atomic E-state index is -0.386. The Morgan fingerprint density at radius 3 is 2.77 bits per heavy atom. The summed E-state index contributed by atoms with van der Waals surface area (Å²) in [5.74, 6) is 0.0220. The number of hydrogen-bond donors (Lipinski definition) is 2. The third-order valence-electron chi connectivity index (χ3n) is 5.28. The first-order valence-electron chi connectivity index (χ1n) is 9.57. The number of nitrogens with zero attached hydrogens (tertiary/aromatic N) is 1. The molecular formula is C24H20ClFN3O+. The summed E-state index contributed by atoms with van der Waals surface area (Å²) >= 11 is 6.23. The van der Waals surface area contributed by atoms with Crippen LogP contribution in [-0.4, -0.2) is 23.0 Å². The van der Waals surface area contributed by atoms with Gasteiger partial charge in [-0.05, 0) is 48.2 Å². The van der Waals surface area contributed by atoms with Crippen molar-refractivity contribution in [2.24, 2.45) is 0 Å². The molecule has 1 heterocycles. The van der Waals surface area contributed by atoms with E-state index < -0.39 is 0 Å². The van der Waals surface area contributed by atoms with Crippen LogP contribution in [0.5, 0.6) is 0 Å². The van der Waals surface area contributed by atoms with E-state index in [0.717, 1.165) is 11.1 Å². The van der Waals surface area contributed by atoms with Crippen molar-refractivity contribution in [3.8, 4) is 0 Å². The molecule has 2 aromatic carbocycles. The van der Waals surface area contributed by atoms with Crippen LogP contribution < -0.4 is 10.7 Å². The molecule has 0 saturated heterocycles.